The molecule has 0 radical (unpaired) electrons. The van der Waals surface area contributed by atoms with Crippen molar-refractivity contribution in [3.8, 4) is 0 Å². The number of aromatic nitrogens is 2. The van der Waals surface area contributed by atoms with Crippen LogP contribution >= 0.6 is 33.9 Å². The summed E-state index contributed by atoms with van der Waals surface area (Å²) >= 11 is 3.69. The minimum absolute atomic E-state index is 0.0424. The molecule has 0 saturated heterocycles. The van der Waals surface area contributed by atoms with Crippen LogP contribution in [0.5, 0.6) is 0 Å². The molecule has 0 aromatic carbocycles. The van der Waals surface area contributed by atoms with E-state index >= 15 is 0 Å². The first-order valence-electron chi connectivity index (χ1n) is 4.48. The van der Waals surface area contributed by atoms with Gasteiger partial charge in [0.25, 0.3) is 5.56 Å². The van der Waals surface area contributed by atoms with Crippen LogP contribution in [0.4, 0.5) is 0 Å². The van der Waals surface area contributed by atoms with Crippen LogP contribution in [0.25, 0.3) is 0 Å². The Kier molecular flexibility index (Phi) is 3.53. The highest BCUT2D eigenvalue weighted by atomic mass is 127. The highest BCUT2D eigenvalue weighted by molar-refractivity contribution is 14.1. The first-order valence-corrected chi connectivity index (χ1v) is 6.50. The van der Waals surface area contributed by atoms with E-state index in [0.717, 1.165) is 6.42 Å². The molecule has 0 amide bonds. The van der Waals surface area contributed by atoms with Crippen molar-refractivity contribution in [3.05, 3.63) is 48.8 Å². The fraction of sp³-hybridized carbons (Fsp3) is 0.200. The average Bonchev–Trinajstić information content (AvgIpc) is 2.73. The predicted molar refractivity (Wildman–Crippen MR) is 69.2 cm³/mol. The minimum Gasteiger partial charge on any atom is -0.298 e. The molecule has 0 aliphatic rings. The van der Waals surface area contributed by atoms with Crippen LogP contribution in [-0.2, 0) is 13.0 Å². The third-order valence-electron chi connectivity index (χ3n) is 2.08. The Labute approximate surface area is 105 Å². The molecule has 78 valence electrons. The van der Waals surface area contributed by atoms with Gasteiger partial charge in [0.2, 0.25) is 0 Å². The molecule has 0 N–H and O–H groups in total. The maximum atomic E-state index is 11.6. The second kappa shape index (κ2) is 4.89. The number of thiophene rings is 1. The monoisotopic (exact) mass is 332 g/mol. The van der Waals surface area contributed by atoms with Gasteiger partial charge >= 0.3 is 0 Å². The normalized spacial score (nSPS) is 10.5. The number of halogens is 1. The second-order valence-electron chi connectivity index (χ2n) is 3.12. The molecule has 2 aromatic rings. The average molecular weight is 332 g/mol. The van der Waals surface area contributed by atoms with Gasteiger partial charge in [0.1, 0.15) is 0 Å². The Morgan fingerprint density at radius 1 is 1.53 bits per heavy atom. The lowest BCUT2D eigenvalue weighted by Crippen LogP contribution is -2.23. The molecule has 0 aliphatic carbocycles. The van der Waals surface area contributed by atoms with Crippen molar-refractivity contribution in [1.82, 2.24) is 9.55 Å². The zero-order valence-electron chi connectivity index (χ0n) is 7.89. The molecule has 0 aliphatic heterocycles. The molecule has 2 aromatic heterocycles. The van der Waals surface area contributed by atoms with Crippen molar-refractivity contribution in [2.75, 3.05) is 0 Å². The van der Waals surface area contributed by atoms with Gasteiger partial charge in [0.15, 0.2) is 0 Å². The Hall–Kier alpha value is -0.690. The Morgan fingerprint density at radius 3 is 3.13 bits per heavy atom. The van der Waals surface area contributed by atoms with E-state index in [0.29, 0.717) is 10.1 Å². The van der Waals surface area contributed by atoms with Gasteiger partial charge in [-0.05, 0) is 51.4 Å². The van der Waals surface area contributed by atoms with Gasteiger partial charge < -0.3 is 0 Å². The van der Waals surface area contributed by atoms with Crippen LogP contribution in [0, 0.1) is 3.57 Å². The maximum Gasteiger partial charge on any atom is 0.266 e. The molecule has 0 spiro atoms. The standard InChI is InChI=1S/C10H9IN2OS/c11-9-5-12-7-13(10(9)14)3-1-8-2-4-15-6-8/h2,4-7H,1,3H2. The molecular formula is C10H9IN2OS. The molecule has 0 bridgehead atoms. The molecular weight excluding hydrogens is 323 g/mol. The topological polar surface area (TPSA) is 34.9 Å². The molecule has 15 heavy (non-hydrogen) atoms. The number of rotatable bonds is 3. The third kappa shape index (κ3) is 2.66. The van der Waals surface area contributed by atoms with Gasteiger partial charge in [-0.25, -0.2) is 4.98 Å². The Morgan fingerprint density at radius 2 is 2.40 bits per heavy atom. The molecule has 2 heterocycles. The van der Waals surface area contributed by atoms with E-state index in [1.807, 2.05) is 28.0 Å². The number of hydrogen-bond donors (Lipinski definition) is 0. The first-order chi connectivity index (χ1) is 7.27. The zero-order chi connectivity index (χ0) is 10.7. The molecule has 0 unspecified atom stereocenters. The SMILES string of the molecule is O=c1c(I)cncn1CCc1ccsc1. The van der Waals surface area contributed by atoms with Crippen molar-refractivity contribution < 1.29 is 0 Å². The highest BCUT2D eigenvalue weighted by Gasteiger charge is 2.01. The molecule has 2 rings (SSSR count). The predicted octanol–water partition coefficient (Wildman–Crippen LogP) is 2.15. The lowest BCUT2D eigenvalue weighted by atomic mass is 10.2. The van der Waals surface area contributed by atoms with E-state index in [-0.39, 0.29) is 5.56 Å². The van der Waals surface area contributed by atoms with Gasteiger partial charge in [-0.15, -0.1) is 0 Å². The summed E-state index contributed by atoms with van der Waals surface area (Å²) in [5, 5.41) is 4.15. The van der Waals surface area contributed by atoms with E-state index in [2.05, 4.69) is 16.4 Å². The summed E-state index contributed by atoms with van der Waals surface area (Å²) in [6, 6.07) is 2.08. The summed E-state index contributed by atoms with van der Waals surface area (Å²) in [4.78, 5) is 15.6. The van der Waals surface area contributed by atoms with Crippen molar-refractivity contribution in [2.24, 2.45) is 0 Å². The summed E-state index contributed by atoms with van der Waals surface area (Å²) in [5.41, 5.74) is 1.31. The van der Waals surface area contributed by atoms with Crippen molar-refractivity contribution in [3.63, 3.8) is 0 Å². The highest BCUT2D eigenvalue weighted by Crippen LogP contribution is 2.07. The summed E-state index contributed by atoms with van der Waals surface area (Å²) in [6.45, 7) is 0.694. The van der Waals surface area contributed by atoms with E-state index < -0.39 is 0 Å². The van der Waals surface area contributed by atoms with Crippen LogP contribution < -0.4 is 5.56 Å². The van der Waals surface area contributed by atoms with E-state index in [1.165, 1.54) is 5.56 Å². The second-order valence-corrected chi connectivity index (χ2v) is 5.06. The molecule has 0 atom stereocenters. The lowest BCUT2D eigenvalue weighted by Gasteiger charge is -2.03. The van der Waals surface area contributed by atoms with Crippen molar-refractivity contribution >= 4 is 33.9 Å². The van der Waals surface area contributed by atoms with Crippen LogP contribution in [0.2, 0.25) is 0 Å². The van der Waals surface area contributed by atoms with Crippen LogP contribution in [0.15, 0.2) is 34.1 Å². The Balaban J connectivity index is 2.12. The van der Waals surface area contributed by atoms with Crippen LogP contribution in [0.1, 0.15) is 5.56 Å². The molecule has 3 nitrogen and oxygen atoms in total. The zero-order valence-corrected chi connectivity index (χ0v) is 10.9. The van der Waals surface area contributed by atoms with E-state index in [9.17, 15) is 4.79 Å². The van der Waals surface area contributed by atoms with Crippen molar-refractivity contribution in [2.45, 2.75) is 13.0 Å². The number of aryl methyl sites for hydroxylation is 2. The first kappa shape index (κ1) is 10.8. The minimum atomic E-state index is 0.0424. The van der Waals surface area contributed by atoms with Gasteiger partial charge in [-0.1, -0.05) is 0 Å². The number of nitrogens with zero attached hydrogens (tertiary/aromatic N) is 2. The van der Waals surface area contributed by atoms with Gasteiger partial charge in [-0.3, -0.25) is 9.36 Å². The van der Waals surface area contributed by atoms with E-state index in [4.69, 9.17) is 0 Å². The molecule has 0 fully saturated rings. The fourth-order valence-electron chi connectivity index (χ4n) is 1.27. The van der Waals surface area contributed by atoms with Crippen molar-refractivity contribution in [1.29, 1.82) is 0 Å². The fourth-order valence-corrected chi connectivity index (χ4v) is 2.44. The van der Waals surface area contributed by atoms with Gasteiger partial charge in [-0.2, -0.15) is 11.3 Å². The molecule has 0 saturated carbocycles. The van der Waals surface area contributed by atoms with Gasteiger partial charge in [0.05, 0.1) is 9.90 Å². The summed E-state index contributed by atoms with van der Waals surface area (Å²) < 4.78 is 2.32. The van der Waals surface area contributed by atoms with Gasteiger partial charge in [0, 0.05) is 12.7 Å². The summed E-state index contributed by atoms with van der Waals surface area (Å²) in [5.74, 6) is 0. The number of hydrogen-bond acceptors (Lipinski definition) is 3. The molecule has 5 heteroatoms. The summed E-state index contributed by atoms with van der Waals surface area (Å²) in [6.07, 6.45) is 4.06. The smallest absolute Gasteiger partial charge is 0.266 e. The largest absolute Gasteiger partial charge is 0.298 e. The van der Waals surface area contributed by atoms with Crippen LogP contribution in [-0.4, -0.2) is 9.55 Å². The van der Waals surface area contributed by atoms with Crippen LogP contribution in [0.3, 0.4) is 0 Å². The quantitative estimate of drug-likeness (QED) is 0.808. The third-order valence-corrected chi connectivity index (χ3v) is 3.55. The Bertz CT molecular complexity index is 492. The summed E-state index contributed by atoms with van der Waals surface area (Å²) in [7, 11) is 0. The maximum absolute atomic E-state index is 11.6. The van der Waals surface area contributed by atoms with E-state index in [1.54, 1.807) is 28.4 Å². The lowest BCUT2D eigenvalue weighted by molar-refractivity contribution is 0.651.